The molecule has 1 aliphatic rings. The number of hydrogen-bond acceptors (Lipinski definition) is 2. The van der Waals surface area contributed by atoms with Crippen LogP contribution in [0.4, 0.5) is 4.39 Å². The first-order valence-corrected chi connectivity index (χ1v) is 5.77. The molecule has 0 bridgehead atoms. The first-order chi connectivity index (χ1) is 8.06. The SMILES string of the molecule is CC1CC(c2ccc(F)cc2)CN1CC(=O)O. The Morgan fingerprint density at radius 3 is 2.71 bits per heavy atom. The Morgan fingerprint density at radius 2 is 2.12 bits per heavy atom. The molecule has 0 aromatic heterocycles. The van der Waals surface area contributed by atoms with E-state index in [-0.39, 0.29) is 18.4 Å². The van der Waals surface area contributed by atoms with Gasteiger partial charge in [-0.25, -0.2) is 4.39 Å². The highest BCUT2D eigenvalue weighted by Crippen LogP contribution is 2.31. The Labute approximate surface area is 99.9 Å². The van der Waals surface area contributed by atoms with E-state index in [0.29, 0.717) is 5.92 Å². The topological polar surface area (TPSA) is 40.5 Å². The minimum atomic E-state index is -0.795. The molecule has 0 amide bonds. The number of carboxylic acid groups (broad SMARTS) is 1. The van der Waals surface area contributed by atoms with Crippen LogP contribution in [0.15, 0.2) is 24.3 Å². The van der Waals surface area contributed by atoms with Crippen LogP contribution >= 0.6 is 0 Å². The maximum absolute atomic E-state index is 12.8. The van der Waals surface area contributed by atoms with Crippen LogP contribution in [-0.4, -0.2) is 35.1 Å². The van der Waals surface area contributed by atoms with Crippen LogP contribution in [0, 0.1) is 5.82 Å². The predicted molar refractivity (Wildman–Crippen MR) is 62.4 cm³/mol. The van der Waals surface area contributed by atoms with E-state index in [1.807, 2.05) is 11.8 Å². The Hall–Kier alpha value is -1.42. The summed E-state index contributed by atoms with van der Waals surface area (Å²) < 4.78 is 12.8. The Bertz CT molecular complexity index is 404. The highest BCUT2D eigenvalue weighted by molar-refractivity contribution is 5.69. The molecule has 0 saturated carbocycles. The highest BCUT2D eigenvalue weighted by atomic mass is 19.1. The fourth-order valence-corrected chi connectivity index (χ4v) is 2.47. The van der Waals surface area contributed by atoms with Crippen LogP contribution in [0.5, 0.6) is 0 Å². The quantitative estimate of drug-likeness (QED) is 0.875. The molecular formula is C13H16FNO2. The van der Waals surface area contributed by atoms with Crippen molar-refractivity contribution in [3.05, 3.63) is 35.6 Å². The highest BCUT2D eigenvalue weighted by Gasteiger charge is 2.30. The summed E-state index contributed by atoms with van der Waals surface area (Å²) in [4.78, 5) is 12.7. The molecule has 1 N–H and O–H groups in total. The van der Waals surface area contributed by atoms with E-state index in [2.05, 4.69) is 0 Å². The van der Waals surface area contributed by atoms with Crippen molar-refractivity contribution in [1.82, 2.24) is 4.90 Å². The number of aliphatic carboxylic acids is 1. The van der Waals surface area contributed by atoms with Crippen molar-refractivity contribution in [3.63, 3.8) is 0 Å². The fourth-order valence-electron chi connectivity index (χ4n) is 2.47. The van der Waals surface area contributed by atoms with E-state index < -0.39 is 5.97 Å². The van der Waals surface area contributed by atoms with E-state index >= 15 is 0 Å². The number of benzene rings is 1. The lowest BCUT2D eigenvalue weighted by atomic mass is 9.97. The molecule has 1 fully saturated rings. The third-order valence-electron chi connectivity index (χ3n) is 3.38. The summed E-state index contributed by atoms with van der Waals surface area (Å²) in [5.41, 5.74) is 1.09. The summed E-state index contributed by atoms with van der Waals surface area (Å²) >= 11 is 0. The second kappa shape index (κ2) is 4.84. The minimum Gasteiger partial charge on any atom is -0.480 e. The summed E-state index contributed by atoms with van der Waals surface area (Å²) in [6, 6.07) is 6.76. The lowest BCUT2D eigenvalue weighted by molar-refractivity contribution is -0.138. The van der Waals surface area contributed by atoms with Gasteiger partial charge in [0.1, 0.15) is 5.82 Å². The second-order valence-electron chi connectivity index (χ2n) is 4.66. The van der Waals surface area contributed by atoms with Crippen molar-refractivity contribution in [2.75, 3.05) is 13.1 Å². The summed E-state index contributed by atoms with van der Waals surface area (Å²) in [5, 5.41) is 8.79. The van der Waals surface area contributed by atoms with Crippen LogP contribution in [0.25, 0.3) is 0 Å². The van der Waals surface area contributed by atoms with Gasteiger partial charge in [-0.3, -0.25) is 9.69 Å². The van der Waals surface area contributed by atoms with Crippen LogP contribution in [-0.2, 0) is 4.79 Å². The molecule has 4 heteroatoms. The Balaban J connectivity index is 2.05. The molecule has 2 rings (SSSR count). The van der Waals surface area contributed by atoms with Gasteiger partial charge in [0.15, 0.2) is 0 Å². The molecule has 0 radical (unpaired) electrons. The maximum Gasteiger partial charge on any atom is 0.317 e. The summed E-state index contributed by atoms with van der Waals surface area (Å²) in [6.07, 6.45) is 0.929. The van der Waals surface area contributed by atoms with Crippen LogP contribution in [0.2, 0.25) is 0 Å². The van der Waals surface area contributed by atoms with Gasteiger partial charge in [0.2, 0.25) is 0 Å². The summed E-state index contributed by atoms with van der Waals surface area (Å²) in [6.45, 7) is 2.85. The zero-order valence-corrected chi connectivity index (χ0v) is 9.77. The molecule has 17 heavy (non-hydrogen) atoms. The summed E-state index contributed by atoms with van der Waals surface area (Å²) in [7, 11) is 0. The average Bonchev–Trinajstić information content (AvgIpc) is 2.60. The molecule has 1 aliphatic heterocycles. The number of halogens is 1. The third kappa shape index (κ3) is 2.82. The van der Waals surface area contributed by atoms with Crippen molar-refractivity contribution >= 4 is 5.97 Å². The van der Waals surface area contributed by atoms with Gasteiger partial charge in [-0.05, 0) is 37.0 Å². The van der Waals surface area contributed by atoms with Crippen LogP contribution < -0.4 is 0 Å². The van der Waals surface area contributed by atoms with Crippen molar-refractivity contribution in [2.24, 2.45) is 0 Å². The molecule has 1 aromatic rings. The lowest BCUT2D eigenvalue weighted by Gasteiger charge is -2.17. The number of carbonyl (C=O) groups is 1. The van der Waals surface area contributed by atoms with E-state index in [0.717, 1.165) is 18.5 Å². The van der Waals surface area contributed by atoms with Gasteiger partial charge < -0.3 is 5.11 Å². The monoisotopic (exact) mass is 237 g/mol. The van der Waals surface area contributed by atoms with Gasteiger partial charge in [-0.1, -0.05) is 12.1 Å². The summed E-state index contributed by atoms with van der Waals surface area (Å²) in [5.74, 6) is -0.719. The van der Waals surface area contributed by atoms with Crippen LogP contribution in [0.1, 0.15) is 24.8 Å². The van der Waals surface area contributed by atoms with Crippen LogP contribution in [0.3, 0.4) is 0 Å². The van der Waals surface area contributed by atoms with Crippen molar-refractivity contribution < 1.29 is 14.3 Å². The van der Waals surface area contributed by atoms with E-state index in [1.54, 1.807) is 12.1 Å². The van der Waals surface area contributed by atoms with Crippen molar-refractivity contribution in [2.45, 2.75) is 25.3 Å². The predicted octanol–water partition coefficient (Wildman–Crippen LogP) is 2.09. The van der Waals surface area contributed by atoms with Gasteiger partial charge in [0.25, 0.3) is 0 Å². The van der Waals surface area contributed by atoms with Gasteiger partial charge >= 0.3 is 5.97 Å². The van der Waals surface area contributed by atoms with Crippen molar-refractivity contribution in [3.8, 4) is 0 Å². The second-order valence-corrected chi connectivity index (χ2v) is 4.66. The zero-order chi connectivity index (χ0) is 12.4. The average molecular weight is 237 g/mol. The lowest BCUT2D eigenvalue weighted by Crippen LogP contribution is -2.32. The first kappa shape index (κ1) is 12.0. The smallest absolute Gasteiger partial charge is 0.317 e. The zero-order valence-electron chi connectivity index (χ0n) is 9.77. The molecule has 2 unspecified atom stereocenters. The largest absolute Gasteiger partial charge is 0.480 e. The van der Waals surface area contributed by atoms with Gasteiger partial charge in [0, 0.05) is 12.6 Å². The number of carboxylic acids is 1. The molecular weight excluding hydrogens is 221 g/mol. The van der Waals surface area contributed by atoms with E-state index in [4.69, 9.17) is 5.11 Å². The molecule has 0 spiro atoms. The molecule has 1 heterocycles. The standard InChI is InChI=1S/C13H16FNO2/c1-9-6-11(7-15(9)8-13(16)17)10-2-4-12(14)5-3-10/h2-5,9,11H,6-8H2,1H3,(H,16,17). The number of likely N-dealkylation sites (tertiary alicyclic amines) is 1. The normalized spacial score (nSPS) is 25.1. The maximum atomic E-state index is 12.8. The number of nitrogens with zero attached hydrogens (tertiary/aromatic N) is 1. The number of rotatable bonds is 3. The fraction of sp³-hybridized carbons (Fsp3) is 0.462. The minimum absolute atomic E-state index is 0.0822. The molecule has 1 aromatic carbocycles. The Morgan fingerprint density at radius 1 is 1.47 bits per heavy atom. The molecule has 1 saturated heterocycles. The van der Waals surface area contributed by atoms with Gasteiger partial charge in [0.05, 0.1) is 6.54 Å². The van der Waals surface area contributed by atoms with Gasteiger partial charge in [-0.15, -0.1) is 0 Å². The first-order valence-electron chi connectivity index (χ1n) is 5.77. The molecule has 0 aliphatic carbocycles. The molecule has 92 valence electrons. The Kier molecular flexibility index (Phi) is 3.43. The molecule has 2 atom stereocenters. The molecule has 3 nitrogen and oxygen atoms in total. The number of hydrogen-bond donors (Lipinski definition) is 1. The van der Waals surface area contributed by atoms with Gasteiger partial charge in [-0.2, -0.15) is 0 Å². The third-order valence-corrected chi connectivity index (χ3v) is 3.38. The van der Waals surface area contributed by atoms with Crippen molar-refractivity contribution in [1.29, 1.82) is 0 Å². The van der Waals surface area contributed by atoms with E-state index in [1.165, 1.54) is 12.1 Å². The van der Waals surface area contributed by atoms with E-state index in [9.17, 15) is 9.18 Å².